The van der Waals surface area contributed by atoms with Crippen LogP contribution < -0.4 is 0 Å². The van der Waals surface area contributed by atoms with Crippen LogP contribution in [0, 0.1) is 0 Å². The summed E-state index contributed by atoms with van der Waals surface area (Å²) in [6, 6.07) is 15.3. The van der Waals surface area contributed by atoms with Crippen LogP contribution >= 0.6 is 0 Å². The maximum atomic E-state index is 4.65. The molecular weight excluding hydrogens is 294 g/mol. The van der Waals surface area contributed by atoms with Gasteiger partial charge in [-0.15, -0.1) is 0 Å². The first-order valence-corrected chi connectivity index (χ1v) is 8.70. The highest BCUT2D eigenvalue weighted by Crippen LogP contribution is 2.39. The number of hydrogen-bond acceptors (Lipinski definition) is 3. The third kappa shape index (κ3) is 2.60. The van der Waals surface area contributed by atoms with Crippen LogP contribution in [0.3, 0.4) is 0 Å². The topological polar surface area (TPSA) is 38.7 Å². The standard InChI is InChI=1S/C21H21N3/c1-3-18-22-19(4-2)24-20(23-18)13-16-10-7-9-15-12-14-8-5-6-11-17(14)21(15)16/h5-11H,3-4,12-13H2,1-2H3. The molecule has 4 rings (SSSR count). The van der Waals surface area contributed by atoms with Crippen molar-refractivity contribution in [2.24, 2.45) is 0 Å². The van der Waals surface area contributed by atoms with Gasteiger partial charge in [-0.2, -0.15) is 0 Å². The van der Waals surface area contributed by atoms with Crippen LogP contribution in [0.4, 0.5) is 0 Å². The summed E-state index contributed by atoms with van der Waals surface area (Å²) in [4.78, 5) is 13.8. The van der Waals surface area contributed by atoms with Crippen molar-refractivity contribution in [1.82, 2.24) is 15.0 Å². The van der Waals surface area contributed by atoms with Crippen molar-refractivity contribution >= 4 is 0 Å². The Kier molecular flexibility index (Phi) is 3.85. The molecule has 3 nitrogen and oxygen atoms in total. The van der Waals surface area contributed by atoms with E-state index in [1.165, 1.54) is 27.8 Å². The fourth-order valence-electron chi connectivity index (χ4n) is 3.50. The minimum atomic E-state index is 0.764. The van der Waals surface area contributed by atoms with Gasteiger partial charge in [0, 0.05) is 19.3 Å². The molecule has 0 aliphatic heterocycles. The second kappa shape index (κ2) is 6.16. The molecule has 1 heterocycles. The number of hydrogen-bond donors (Lipinski definition) is 0. The maximum Gasteiger partial charge on any atom is 0.137 e. The van der Waals surface area contributed by atoms with Gasteiger partial charge in [0.1, 0.15) is 17.5 Å². The van der Waals surface area contributed by atoms with E-state index in [-0.39, 0.29) is 0 Å². The Bertz CT molecular complexity index is 877. The van der Waals surface area contributed by atoms with Crippen LogP contribution in [-0.4, -0.2) is 15.0 Å². The fourth-order valence-corrected chi connectivity index (χ4v) is 3.50. The van der Waals surface area contributed by atoms with E-state index in [2.05, 4.69) is 71.3 Å². The molecule has 0 atom stereocenters. The summed E-state index contributed by atoms with van der Waals surface area (Å²) >= 11 is 0. The minimum Gasteiger partial charge on any atom is -0.218 e. The molecule has 0 amide bonds. The predicted octanol–water partition coefficient (Wildman–Crippen LogP) is 4.16. The van der Waals surface area contributed by atoms with Gasteiger partial charge in [-0.3, -0.25) is 0 Å². The van der Waals surface area contributed by atoms with Crippen LogP contribution in [0.5, 0.6) is 0 Å². The smallest absolute Gasteiger partial charge is 0.137 e. The zero-order valence-corrected chi connectivity index (χ0v) is 14.2. The van der Waals surface area contributed by atoms with Gasteiger partial charge < -0.3 is 0 Å². The molecule has 0 unspecified atom stereocenters. The summed E-state index contributed by atoms with van der Waals surface area (Å²) in [5, 5.41) is 0. The summed E-state index contributed by atoms with van der Waals surface area (Å²) in [6.07, 6.45) is 3.48. The molecule has 0 saturated carbocycles. The molecule has 0 saturated heterocycles. The van der Waals surface area contributed by atoms with Gasteiger partial charge in [-0.05, 0) is 34.2 Å². The number of aromatic nitrogens is 3. The van der Waals surface area contributed by atoms with Crippen molar-refractivity contribution in [3.8, 4) is 11.1 Å². The number of rotatable bonds is 4. The molecule has 0 spiro atoms. The van der Waals surface area contributed by atoms with E-state index in [0.29, 0.717) is 0 Å². The summed E-state index contributed by atoms with van der Waals surface area (Å²) in [7, 11) is 0. The number of benzene rings is 2. The van der Waals surface area contributed by atoms with Crippen LogP contribution in [0.25, 0.3) is 11.1 Å². The fraction of sp³-hybridized carbons (Fsp3) is 0.286. The van der Waals surface area contributed by atoms with Crippen LogP contribution in [0.1, 0.15) is 48.0 Å². The van der Waals surface area contributed by atoms with Gasteiger partial charge in [0.15, 0.2) is 0 Å². The largest absolute Gasteiger partial charge is 0.218 e. The quantitative estimate of drug-likeness (QED) is 0.567. The molecule has 120 valence electrons. The number of aryl methyl sites for hydroxylation is 2. The lowest BCUT2D eigenvalue weighted by molar-refractivity contribution is 0.779. The van der Waals surface area contributed by atoms with Gasteiger partial charge in [0.25, 0.3) is 0 Å². The lowest BCUT2D eigenvalue weighted by Crippen LogP contribution is -2.07. The molecule has 0 radical (unpaired) electrons. The van der Waals surface area contributed by atoms with E-state index >= 15 is 0 Å². The summed E-state index contributed by atoms with van der Waals surface area (Å²) in [5.41, 5.74) is 6.88. The van der Waals surface area contributed by atoms with E-state index in [9.17, 15) is 0 Å². The van der Waals surface area contributed by atoms with Crippen molar-refractivity contribution in [3.63, 3.8) is 0 Å². The van der Waals surface area contributed by atoms with E-state index in [1.54, 1.807) is 0 Å². The van der Waals surface area contributed by atoms with Crippen molar-refractivity contribution < 1.29 is 0 Å². The van der Waals surface area contributed by atoms with E-state index in [1.807, 2.05) is 0 Å². The number of fused-ring (bicyclic) bond motifs is 3. The Balaban J connectivity index is 1.77. The summed E-state index contributed by atoms with van der Waals surface area (Å²) in [6.45, 7) is 4.18. The average molecular weight is 315 g/mol. The zero-order chi connectivity index (χ0) is 16.5. The molecule has 3 heteroatoms. The van der Waals surface area contributed by atoms with Gasteiger partial charge in [-0.25, -0.2) is 15.0 Å². The maximum absolute atomic E-state index is 4.65. The molecule has 2 aromatic carbocycles. The predicted molar refractivity (Wildman–Crippen MR) is 96.1 cm³/mol. The van der Waals surface area contributed by atoms with Crippen molar-refractivity contribution in [3.05, 3.63) is 76.6 Å². The molecular formula is C21H21N3. The highest BCUT2D eigenvalue weighted by Gasteiger charge is 2.21. The highest BCUT2D eigenvalue weighted by molar-refractivity contribution is 5.79. The molecule has 24 heavy (non-hydrogen) atoms. The molecule has 1 aliphatic carbocycles. The van der Waals surface area contributed by atoms with Crippen molar-refractivity contribution in [2.75, 3.05) is 0 Å². The second-order valence-corrected chi connectivity index (χ2v) is 6.25. The van der Waals surface area contributed by atoms with Gasteiger partial charge in [-0.1, -0.05) is 56.3 Å². The Hall–Kier alpha value is -2.55. The monoisotopic (exact) mass is 315 g/mol. The van der Waals surface area contributed by atoms with Gasteiger partial charge in [0.05, 0.1) is 0 Å². The summed E-state index contributed by atoms with van der Waals surface area (Å²) < 4.78 is 0. The lowest BCUT2D eigenvalue weighted by atomic mass is 9.97. The Morgan fingerprint density at radius 2 is 1.42 bits per heavy atom. The van der Waals surface area contributed by atoms with Crippen LogP contribution in [-0.2, 0) is 25.7 Å². The molecule has 0 N–H and O–H groups in total. The second-order valence-electron chi connectivity index (χ2n) is 6.25. The highest BCUT2D eigenvalue weighted by atomic mass is 15.0. The van der Waals surface area contributed by atoms with Crippen molar-refractivity contribution in [1.29, 1.82) is 0 Å². The third-order valence-electron chi connectivity index (χ3n) is 4.66. The Morgan fingerprint density at radius 1 is 0.750 bits per heavy atom. The van der Waals surface area contributed by atoms with Crippen molar-refractivity contribution in [2.45, 2.75) is 39.5 Å². The SMILES string of the molecule is CCc1nc(CC)nc(Cc2cccc3c2-c2ccccc2C3)n1. The first kappa shape index (κ1) is 15.0. The molecule has 0 bridgehead atoms. The Labute approximate surface area is 142 Å². The third-order valence-corrected chi connectivity index (χ3v) is 4.66. The average Bonchev–Trinajstić information content (AvgIpc) is 3.01. The van der Waals surface area contributed by atoms with Gasteiger partial charge in [0.2, 0.25) is 0 Å². The molecule has 3 aromatic rings. The first-order valence-electron chi connectivity index (χ1n) is 8.70. The minimum absolute atomic E-state index is 0.764. The Morgan fingerprint density at radius 3 is 2.17 bits per heavy atom. The first-order chi connectivity index (χ1) is 11.8. The molecule has 1 aliphatic rings. The number of nitrogens with zero attached hydrogens (tertiary/aromatic N) is 3. The lowest BCUT2D eigenvalue weighted by Gasteiger charge is -2.10. The van der Waals surface area contributed by atoms with Crippen LogP contribution in [0.2, 0.25) is 0 Å². The van der Waals surface area contributed by atoms with Crippen LogP contribution in [0.15, 0.2) is 42.5 Å². The van der Waals surface area contributed by atoms with E-state index in [0.717, 1.165) is 43.2 Å². The van der Waals surface area contributed by atoms with E-state index in [4.69, 9.17) is 0 Å². The molecule has 1 aromatic heterocycles. The van der Waals surface area contributed by atoms with Gasteiger partial charge >= 0.3 is 0 Å². The summed E-state index contributed by atoms with van der Waals surface area (Å²) in [5.74, 6) is 2.67. The normalized spacial score (nSPS) is 12.1. The zero-order valence-electron chi connectivity index (χ0n) is 14.2. The van der Waals surface area contributed by atoms with E-state index < -0.39 is 0 Å². The molecule has 0 fully saturated rings.